The van der Waals surface area contributed by atoms with Gasteiger partial charge in [0.1, 0.15) is 5.82 Å². The van der Waals surface area contributed by atoms with E-state index < -0.39 is 0 Å². The van der Waals surface area contributed by atoms with Gasteiger partial charge in [0.05, 0.1) is 6.54 Å². The molecule has 0 aliphatic heterocycles. The van der Waals surface area contributed by atoms with Crippen LogP contribution in [0.15, 0.2) is 60.8 Å². The van der Waals surface area contributed by atoms with Gasteiger partial charge in [-0.25, -0.2) is 4.39 Å². The normalized spacial score (nSPS) is 10.6. The molecule has 122 valence electrons. The van der Waals surface area contributed by atoms with E-state index in [-0.39, 0.29) is 11.7 Å². The Balaban J connectivity index is 1.65. The van der Waals surface area contributed by atoms with Crippen molar-refractivity contribution >= 4 is 11.7 Å². The third kappa shape index (κ3) is 3.87. The molecule has 0 saturated heterocycles. The number of nitrogens with one attached hydrogen (secondary N) is 1. The number of hydrogen-bond donors (Lipinski definition) is 1. The van der Waals surface area contributed by atoms with Crippen LogP contribution in [-0.4, -0.2) is 15.7 Å². The summed E-state index contributed by atoms with van der Waals surface area (Å²) in [7, 11) is 0. The number of anilines is 1. The molecule has 24 heavy (non-hydrogen) atoms. The van der Waals surface area contributed by atoms with E-state index in [4.69, 9.17) is 0 Å². The maximum absolute atomic E-state index is 13.2. The van der Waals surface area contributed by atoms with Crippen molar-refractivity contribution in [3.05, 3.63) is 83.3 Å². The van der Waals surface area contributed by atoms with Crippen LogP contribution in [0.2, 0.25) is 0 Å². The standard InChI is InChI=1S/C19H18FN3O/c1-2-14-6-8-16(9-7-14)19(24)21-18-10-11-23(22-18)13-15-4-3-5-17(20)12-15/h3-12H,2,13H2,1H3,(H,21,22,24). The second-order valence-corrected chi connectivity index (χ2v) is 5.53. The molecule has 1 aromatic heterocycles. The molecular weight excluding hydrogens is 305 g/mol. The third-order valence-electron chi connectivity index (χ3n) is 3.74. The highest BCUT2D eigenvalue weighted by molar-refractivity contribution is 6.03. The fraction of sp³-hybridized carbons (Fsp3) is 0.158. The molecule has 2 aromatic carbocycles. The molecule has 0 radical (unpaired) electrons. The van der Waals surface area contributed by atoms with E-state index in [1.165, 1.54) is 17.7 Å². The lowest BCUT2D eigenvalue weighted by atomic mass is 10.1. The Kier molecular flexibility index (Phi) is 4.70. The van der Waals surface area contributed by atoms with Crippen LogP contribution >= 0.6 is 0 Å². The largest absolute Gasteiger partial charge is 0.305 e. The van der Waals surface area contributed by atoms with Gasteiger partial charge in [-0.3, -0.25) is 9.48 Å². The summed E-state index contributed by atoms with van der Waals surface area (Å²) in [6.45, 7) is 2.51. The number of rotatable bonds is 5. The molecule has 1 heterocycles. The summed E-state index contributed by atoms with van der Waals surface area (Å²) in [5.74, 6) is -0.00617. The van der Waals surface area contributed by atoms with E-state index in [0.717, 1.165) is 12.0 Å². The van der Waals surface area contributed by atoms with Crippen LogP contribution in [0.1, 0.15) is 28.4 Å². The third-order valence-corrected chi connectivity index (χ3v) is 3.74. The van der Waals surface area contributed by atoms with Gasteiger partial charge in [-0.2, -0.15) is 5.10 Å². The Bertz CT molecular complexity index is 840. The van der Waals surface area contributed by atoms with Crippen molar-refractivity contribution in [2.24, 2.45) is 0 Å². The Morgan fingerprint density at radius 3 is 2.62 bits per heavy atom. The summed E-state index contributed by atoms with van der Waals surface area (Å²) in [6.07, 6.45) is 2.69. The highest BCUT2D eigenvalue weighted by Crippen LogP contribution is 2.11. The number of carbonyl (C=O) groups is 1. The summed E-state index contributed by atoms with van der Waals surface area (Å²) in [4.78, 5) is 12.2. The van der Waals surface area contributed by atoms with Gasteiger partial charge >= 0.3 is 0 Å². The van der Waals surface area contributed by atoms with Crippen LogP contribution in [0.3, 0.4) is 0 Å². The summed E-state index contributed by atoms with van der Waals surface area (Å²) in [5, 5.41) is 7.06. The molecular formula is C19H18FN3O. The molecule has 4 nitrogen and oxygen atoms in total. The first-order valence-electron chi connectivity index (χ1n) is 7.82. The van der Waals surface area contributed by atoms with Crippen molar-refractivity contribution in [1.29, 1.82) is 0 Å². The molecule has 0 aliphatic carbocycles. The highest BCUT2D eigenvalue weighted by atomic mass is 19.1. The quantitative estimate of drug-likeness (QED) is 0.774. The topological polar surface area (TPSA) is 46.9 Å². The number of benzene rings is 2. The summed E-state index contributed by atoms with van der Waals surface area (Å²) in [5.41, 5.74) is 2.59. The molecule has 0 unspecified atom stereocenters. The van der Waals surface area contributed by atoms with Gasteiger partial charge in [0.25, 0.3) is 5.91 Å². The van der Waals surface area contributed by atoms with Gasteiger partial charge in [-0.1, -0.05) is 31.2 Å². The second kappa shape index (κ2) is 7.08. The minimum Gasteiger partial charge on any atom is -0.305 e. The van der Waals surface area contributed by atoms with E-state index in [9.17, 15) is 9.18 Å². The first-order chi connectivity index (χ1) is 11.6. The summed E-state index contributed by atoms with van der Waals surface area (Å²) < 4.78 is 14.9. The van der Waals surface area contributed by atoms with Crippen molar-refractivity contribution in [3.8, 4) is 0 Å². The van der Waals surface area contributed by atoms with E-state index >= 15 is 0 Å². The average molecular weight is 323 g/mol. The van der Waals surface area contributed by atoms with Gasteiger partial charge in [-0.05, 0) is 41.8 Å². The molecule has 0 spiro atoms. The van der Waals surface area contributed by atoms with Crippen molar-refractivity contribution in [2.45, 2.75) is 19.9 Å². The van der Waals surface area contributed by atoms with Crippen molar-refractivity contribution in [2.75, 3.05) is 5.32 Å². The van der Waals surface area contributed by atoms with Crippen LogP contribution in [0.25, 0.3) is 0 Å². The van der Waals surface area contributed by atoms with Gasteiger partial charge in [0, 0.05) is 17.8 Å². The Morgan fingerprint density at radius 1 is 1.12 bits per heavy atom. The summed E-state index contributed by atoms with van der Waals surface area (Å²) >= 11 is 0. The smallest absolute Gasteiger partial charge is 0.256 e. The number of carbonyl (C=O) groups excluding carboxylic acids is 1. The fourth-order valence-corrected chi connectivity index (χ4v) is 2.42. The average Bonchev–Trinajstić information content (AvgIpc) is 3.02. The second-order valence-electron chi connectivity index (χ2n) is 5.53. The Morgan fingerprint density at radius 2 is 1.92 bits per heavy atom. The fourth-order valence-electron chi connectivity index (χ4n) is 2.42. The number of aromatic nitrogens is 2. The molecule has 3 aromatic rings. The maximum atomic E-state index is 13.2. The Hall–Kier alpha value is -2.95. The lowest BCUT2D eigenvalue weighted by Gasteiger charge is -2.04. The predicted octanol–water partition coefficient (Wildman–Crippen LogP) is 3.89. The molecule has 0 fully saturated rings. The van der Waals surface area contributed by atoms with Crippen LogP contribution < -0.4 is 5.32 Å². The molecule has 3 rings (SSSR count). The van der Waals surface area contributed by atoms with Crippen LogP contribution in [-0.2, 0) is 13.0 Å². The van der Waals surface area contributed by atoms with E-state index in [1.54, 1.807) is 35.1 Å². The molecule has 5 heteroatoms. The summed E-state index contributed by atoms with van der Waals surface area (Å²) in [6, 6.07) is 15.6. The first-order valence-corrected chi connectivity index (χ1v) is 7.82. The number of hydrogen-bond acceptors (Lipinski definition) is 2. The monoisotopic (exact) mass is 323 g/mol. The number of amides is 1. The van der Waals surface area contributed by atoms with Gasteiger partial charge in [-0.15, -0.1) is 0 Å². The van der Waals surface area contributed by atoms with E-state index in [2.05, 4.69) is 17.3 Å². The number of nitrogens with zero attached hydrogens (tertiary/aromatic N) is 2. The van der Waals surface area contributed by atoms with Crippen molar-refractivity contribution < 1.29 is 9.18 Å². The molecule has 0 atom stereocenters. The Labute approximate surface area is 139 Å². The van der Waals surface area contributed by atoms with E-state index in [0.29, 0.717) is 17.9 Å². The number of halogens is 1. The lowest BCUT2D eigenvalue weighted by molar-refractivity contribution is 0.102. The maximum Gasteiger partial charge on any atom is 0.256 e. The van der Waals surface area contributed by atoms with Crippen molar-refractivity contribution in [3.63, 3.8) is 0 Å². The van der Waals surface area contributed by atoms with Crippen LogP contribution in [0, 0.1) is 5.82 Å². The minimum absolute atomic E-state index is 0.200. The first kappa shape index (κ1) is 15.9. The molecule has 0 bridgehead atoms. The zero-order valence-corrected chi connectivity index (χ0v) is 13.4. The molecule has 0 saturated carbocycles. The van der Waals surface area contributed by atoms with E-state index in [1.807, 2.05) is 18.2 Å². The highest BCUT2D eigenvalue weighted by Gasteiger charge is 2.08. The van der Waals surface area contributed by atoms with Gasteiger partial charge in [0.15, 0.2) is 5.82 Å². The SMILES string of the molecule is CCc1ccc(C(=O)Nc2ccn(Cc3cccc(F)c3)n2)cc1. The molecule has 0 aliphatic rings. The zero-order valence-electron chi connectivity index (χ0n) is 13.4. The van der Waals surface area contributed by atoms with Crippen LogP contribution in [0.5, 0.6) is 0 Å². The minimum atomic E-state index is -0.274. The molecule has 1 amide bonds. The number of aryl methyl sites for hydroxylation is 1. The molecule has 1 N–H and O–H groups in total. The van der Waals surface area contributed by atoms with Gasteiger partial charge < -0.3 is 5.32 Å². The lowest BCUT2D eigenvalue weighted by Crippen LogP contribution is -2.13. The zero-order chi connectivity index (χ0) is 16.9. The van der Waals surface area contributed by atoms with Gasteiger partial charge in [0.2, 0.25) is 0 Å². The van der Waals surface area contributed by atoms with Crippen molar-refractivity contribution in [1.82, 2.24) is 9.78 Å². The van der Waals surface area contributed by atoms with Crippen LogP contribution in [0.4, 0.5) is 10.2 Å². The predicted molar refractivity (Wildman–Crippen MR) is 91.5 cm³/mol.